The van der Waals surface area contributed by atoms with Crippen LogP contribution in [0, 0.1) is 10.1 Å². The molecular formula is C20H19F6N5O5. The number of halogens is 6. The molecule has 0 aliphatic carbocycles. The van der Waals surface area contributed by atoms with Gasteiger partial charge in [-0.05, 0) is 25.1 Å². The Kier molecular flexibility index (Phi) is 7.74. The van der Waals surface area contributed by atoms with Crippen LogP contribution in [0.1, 0.15) is 30.9 Å². The first-order valence-corrected chi connectivity index (χ1v) is 10.4. The monoisotopic (exact) mass is 523 g/mol. The Morgan fingerprint density at radius 2 is 1.69 bits per heavy atom. The molecule has 0 spiro atoms. The highest BCUT2D eigenvalue weighted by Crippen LogP contribution is 2.40. The van der Waals surface area contributed by atoms with E-state index in [0.29, 0.717) is 12.1 Å². The van der Waals surface area contributed by atoms with Crippen LogP contribution in [0.2, 0.25) is 0 Å². The van der Waals surface area contributed by atoms with E-state index in [0.717, 1.165) is 6.33 Å². The summed E-state index contributed by atoms with van der Waals surface area (Å²) in [7, 11) is 0. The summed E-state index contributed by atoms with van der Waals surface area (Å²) in [5.41, 5.74) is -4.64. The number of nitrogens with one attached hydrogen (secondary N) is 1. The molecule has 0 unspecified atom stereocenters. The predicted octanol–water partition coefficient (Wildman–Crippen LogP) is 5.31. The summed E-state index contributed by atoms with van der Waals surface area (Å²) in [6.07, 6.45) is -10.1. The molecule has 2 aromatic rings. The van der Waals surface area contributed by atoms with E-state index in [1.807, 2.05) is 0 Å². The molecule has 1 saturated heterocycles. The van der Waals surface area contributed by atoms with Crippen LogP contribution < -0.4 is 10.2 Å². The highest BCUT2D eigenvalue weighted by atomic mass is 19.4. The Morgan fingerprint density at radius 3 is 2.19 bits per heavy atom. The van der Waals surface area contributed by atoms with Crippen molar-refractivity contribution in [1.29, 1.82) is 0 Å². The molecule has 3 rings (SSSR count). The van der Waals surface area contributed by atoms with E-state index in [-0.39, 0.29) is 44.4 Å². The van der Waals surface area contributed by atoms with Crippen LogP contribution in [0.3, 0.4) is 0 Å². The zero-order valence-corrected chi connectivity index (χ0v) is 18.5. The molecule has 0 bridgehead atoms. The summed E-state index contributed by atoms with van der Waals surface area (Å²) in [6, 6.07) is 0.714. The van der Waals surface area contributed by atoms with Crippen molar-refractivity contribution in [2.24, 2.45) is 0 Å². The fraction of sp³-hybridized carbons (Fsp3) is 0.450. The second-order valence-electron chi connectivity index (χ2n) is 7.56. The number of carbonyl (C=O) groups excluding carboxylic acids is 1. The SMILES string of the molecule is CCOC(=O)OC1CCN(c2ncnc(Nc3cc(C(F)(F)F)cc(C(F)(F)F)c3)c2[N+](=O)[O-])CC1. The van der Waals surface area contributed by atoms with Crippen molar-refractivity contribution in [2.75, 3.05) is 29.9 Å². The van der Waals surface area contributed by atoms with Gasteiger partial charge in [0, 0.05) is 31.6 Å². The number of hydrogen-bond acceptors (Lipinski definition) is 9. The zero-order chi connectivity index (χ0) is 26.7. The second-order valence-corrected chi connectivity index (χ2v) is 7.56. The average molecular weight is 523 g/mol. The molecule has 1 aliphatic heterocycles. The van der Waals surface area contributed by atoms with Gasteiger partial charge in [0.1, 0.15) is 12.4 Å². The first-order chi connectivity index (χ1) is 16.8. The molecule has 1 aromatic heterocycles. The fourth-order valence-corrected chi connectivity index (χ4v) is 3.50. The van der Waals surface area contributed by atoms with E-state index in [1.165, 1.54) is 4.90 Å². The fourth-order valence-electron chi connectivity index (χ4n) is 3.50. The Balaban J connectivity index is 1.90. The minimum atomic E-state index is -5.10. The Hall–Kier alpha value is -3.85. The molecule has 36 heavy (non-hydrogen) atoms. The van der Waals surface area contributed by atoms with E-state index < -0.39 is 57.9 Å². The van der Waals surface area contributed by atoms with Gasteiger partial charge in [0.05, 0.1) is 22.7 Å². The number of nitro groups is 1. The van der Waals surface area contributed by atoms with Gasteiger partial charge in [-0.15, -0.1) is 0 Å². The van der Waals surface area contributed by atoms with Crippen molar-refractivity contribution in [3.63, 3.8) is 0 Å². The van der Waals surface area contributed by atoms with Gasteiger partial charge in [0.25, 0.3) is 0 Å². The van der Waals surface area contributed by atoms with Gasteiger partial charge < -0.3 is 19.7 Å². The first-order valence-electron chi connectivity index (χ1n) is 10.4. The highest BCUT2D eigenvalue weighted by Gasteiger charge is 2.37. The quantitative estimate of drug-likeness (QED) is 0.233. The number of aromatic nitrogens is 2. The molecule has 0 saturated carbocycles. The van der Waals surface area contributed by atoms with Gasteiger partial charge in [-0.25, -0.2) is 14.8 Å². The number of benzene rings is 1. The molecular weight excluding hydrogens is 504 g/mol. The van der Waals surface area contributed by atoms with Crippen LogP contribution in [0.4, 0.5) is 54.1 Å². The number of anilines is 3. The number of piperidine rings is 1. The third kappa shape index (κ3) is 6.42. The van der Waals surface area contributed by atoms with Crippen LogP contribution in [0.25, 0.3) is 0 Å². The minimum absolute atomic E-state index is 0.0620. The van der Waals surface area contributed by atoms with Gasteiger partial charge in [-0.1, -0.05) is 0 Å². The van der Waals surface area contributed by atoms with Crippen LogP contribution in [-0.4, -0.2) is 46.8 Å². The lowest BCUT2D eigenvalue weighted by Crippen LogP contribution is -2.38. The first kappa shape index (κ1) is 26.7. The Morgan fingerprint density at radius 1 is 1.11 bits per heavy atom. The normalized spacial score (nSPS) is 14.9. The molecule has 1 aromatic carbocycles. The largest absolute Gasteiger partial charge is 0.508 e. The van der Waals surface area contributed by atoms with Gasteiger partial charge >= 0.3 is 24.2 Å². The molecule has 2 heterocycles. The lowest BCUT2D eigenvalue weighted by molar-refractivity contribution is -0.383. The molecule has 0 radical (unpaired) electrons. The third-order valence-electron chi connectivity index (χ3n) is 5.10. The molecule has 1 fully saturated rings. The molecule has 1 aliphatic rings. The number of rotatable bonds is 6. The van der Waals surface area contributed by atoms with Crippen LogP contribution >= 0.6 is 0 Å². The maximum atomic E-state index is 13.2. The van der Waals surface area contributed by atoms with Crippen molar-refractivity contribution >= 4 is 29.2 Å². The number of nitrogens with zero attached hydrogens (tertiary/aromatic N) is 4. The summed E-state index contributed by atoms with van der Waals surface area (Å²) in [5.74, 6) is -0.794. The summed E-state index contributed by atoms with van der Waals surface area (Å²) in [4.78, 5) is 31.5. The van der Waals surface area contributed by atoms with Crippen molar-refractivity contribution in [3.05, 3.63) is 45.8 Å². The maximum Gasteiger partial charge on any atom is 0.508 e. The van der Waals surface area contributed by atoms with Crippen molar-refractivity contribution in [2.45, 2.75) is 38.2 Å². The van der Waals surface area contributed by atoms with Gasteiger partial charge in [0.15, 0.2) is 0 Å². The molecule has 0 atom stereocenters. The molecule has 196 valence electrons. The predicted molar refractivity (Wildman–Crippen MR) is 112 cm³/mol. The lowest BCUT2D eigenvalue weighted by Gasteiger charge is -2.31. The van der Waals surface area contributed by atoms with Crippen LogP contribution in [-0.2, 0) is 21.8 Å². The summed E-state index contributed by atoms with van der Waals surface area (Å²) < 4.78 is 88.8. The lowest BCUT2D eigenvalue weighted by atomic mass is 10.1. The minimum Gasteiger partial charge on any atom is -0.435 e. The molecule has 0 amide bonds. The van der Waals surface area contributed by atoms with Crippen molar-refractivity contribution in [1.82, 2.24) is 9.97 Å². The zero-order valence-electron chi connectivity index (χ0n) is 18.5. The summed E-state index contributed by atoms with van der Waals surface area (Å²) >= 11 is 0. The average Bonchev–Trinajstić information content (AvgIpc) is 2.78. The van der Waals surface area contributed by atoms with Crippen LogP contribution in [0.5, 0.6) is 0 Å². The number of alkyl halides is 6. The molecule has 16 heteroatoms. The van der Waals surface area contributed by atoms with Crippen LogP contribution in [0.15, 0.2) is 24.5 Å². The topological polar surface area (TPSA) is 120 Å². The molecule has 10 nitrogen and oxygen atoms in total. The Bertz CT molecular complexity index is 1090. The maximum absolute atomic E-state index is 13.2. The van der Waals surface area contributed by atoms with E-state index in [2.05, 4.69) is 15.3 Å². The third-order valence-corrected chi connectivity index (χ3v) is 5.10. The summed E-state index contributed by atoms with van der Waals surface area (Å²) in [5, 5.41) is 14.0. The van der Waals surface area contributed by atoms with Crippen molar-refractivity contribution in [3.8, 4) is 0 Å². The molecule has 1 N–H and O–H groups in total. The second kappa shape index (κ2) is 10.4. The van der Waals surface area contributed by atoms with Crippen molar-refractivity contribution < 1.29 is 45.5 Å². The van der Waals surface area contributed by atoms with E-state index >= 15 is 0 Å². The smallest absolute Gasteiger partial charge is 0.435 e. The highest BCUT2D eigenvalue weighted by molar-refractivity contribution is 5.75. The number of carbonyl (C=O) groups is 1. The van der Waals surface area contributed by atoms with E-state index in [1.54, 1.807) is 6.92 Å². The number of hydrogen-bond donors (Lipinski definition) is 1. The Labute approximate surface area is 199 Å². The standard InChI is InChI=1S/C20H19F6N5O5/c1-2-35-18(32)36-14-3-5-30(6-4-14)17-15(31(33)34)16(27-10-28-17)29-13-8-11(19(21,22)23)7-12(9-13)20(24,25)26/h7-10,14H,2-6H2,1H3,(H,27,28,29). The van der Waals surface area contributed by atoms with E-state index in [4.69, 9.17) is 9.47 Å². The number of ether oxygens (including phenoxy) is 2. The van der Waals surface area contributed by atoms with E-state index in [9.17, 15) is 41.3 Å². The summed E-state index contributed by atoms with van der Waals surface area (Å²) in [6.45, 7) is 2.04. The van der Waals surface area contributed by atoms with Gasteiger partial charge in [0.2, 0.25) is 11.6 Å². The van der Waals surface area contributed by atoms with Gasteiger partial charge in [-0.3, -0.25) is 10.1 Å². The van der Waals surface area contributed by atoms with Gasteiger partial charge in [-0.2, -0.15) is 26.3 Å².